The first kappa shape index (κ1) is 29.0. The van der Waals surface area contributed by atoms with Crippen LogP contribution in [0.1, 0.15) is 50.8 Å². The maximum Gasteiger partial charge on any atom is 0.239 e. The molecule has 1 fully saturated rings. The van der Waals surface area contributed by atoms with E-state index >= 15 is 0 Å². The van der Waals surface area contributed by atoms with Crippen molar-refractivity contribution < 1.29 is 28.2 Å². The molecule has 1 aliphatic heterocycles. The Kier molecular flexibility index (Phi) is 9.22. The number of aliphatic hydroxyl groups excluding tert-OH is 2. The third-order valence-corrected chi connectivity index (χ3v) is 8.21. The minimum atomic E-state index is -3.46. The van der Waals surface area contributed by atoms with Crippen LogP contribution in [-0.4, -0.2) is 95.9 Å². The van der Waals surface area contributed by atoms with Crippen LogP contribution < -0.4 is 10.6 Å². The predicted octanol–water partition coefficient (Wildman–Crippen LogP) is 0.525. The monoisotopic (exact) mass is 588 g/mol. The normalized spacial score (nSPS) is 24.2. The van der Waals surface area contributed by atoms with Gasteiger partial charge in [0.1, 0.15) is 6.04 Å². The van der Waals surface area contributed by atoms with E-state index < -0.39 is 39.9 Å². The number of fused-ring (bicyclic) bond motifs is 1. The fourth-order valence-electron chi connectivity index (χ4n) is 4.69. The molecular weight excluding hydrogens is 552 g/mol. The molecular formula is C24H37BrN4O6S. The number of hydrogen-bond donors (Lipinski definition) is 4. The molecule has 0 aromatic heterocycles. The lowest BCUT2D eigenvalue weighted by atomic mass is 10.1. The van der Waals surface area contributed by atoms with Crippen molar-refractivity contribution in [1.29, 1.82) is 0 Å². The molecule has 4 N–H and O–H groups in total. The molecule has 0 unspecified atom stereocenters. The smallest absolute Gasteiger partial charge is 0.239 e. The number of β-amino-alcohol motifs (C(OH)–C–C–N with tert-alkyl or cyclic N) is 1. The predicted molar refractivity (Wildman–Crippen MR) is 140 cm³/mol. The number of halogens is 1. The number of carbonyl (C=O) groups excluding carboxylic acids is 2. The Morgan fingerprint density at radius 2 is 1.94 bits per heavy atom. The Hall–Kier alpha value is -1.57. The summed E-state index contributed by atoms with van der Waals surface area (Å²) in [5, 5.41) is 26.9. The second-order valence-electron chi connectivity index (χ2n) is 10.7. The number of carbonyl (C=O) groups is 2. The van der Waals surface area contributed by atoms with Gasteiger partial charge in [0.25, 0.3) is 0 Å². The van der Waals surface area contributed by atoms with Crippen LogP contribution in [0.15, 0.2) is 22.7 Å². The van der Waals surface area contributed by atoms with Gasteiger partial charge in [-0.05, 0) is 50.5 Å². The van der Waals surface area contributed by atoms with Gasteiger partial charge in [-0.25, -0.2) is 8.42 Å². The first-order valence-electron chi connectivity index (χ1n) is 12.1. The molecule has 202 valence electrons. The summed E-state index contributed by atoms with van der Waals surface area (Å²) in [5.74, 6) is -0.587. The summed E-state index contributed by atoms with van der Waals surface area (Å²) < 4.78 is 26.3. The second kappa shape index (κ2) is 11.4. The number of amides is 2. The number of hydrogen-bond acceptors (Lipinski definition) is 7. The molecule has 10 nitrogen and oxygen atoms in total. The van der Waals surface area contributed by atoms with E-state index in [0.717, 1.165) is 21.9 Å². The van der Waals surface area contributed by atoms with E-state index in [1.54, 1.807) is 4.90 Å². The lowest BCUT2D eigenvalue weighted by Gasteiger charge is -2.41. The van der Waals surface area contributed by atoms with Gasteiger partial charge >= 0.3 is 0 Å². The van der Waals surface area contributed by atoms with E-state index in [1.807, 2.05) is 39.0 Å². The van der Waals surface area contributed by atoms with Crippen molar-refractivity contribution in [2.24, 2.45) is 0 Å². The lowest BCUT2D eigenvalue weighted by Crippen LogP contribution is -2.62. The van der Waals surface area contributed by atoms with Crippen molar-refractivity contribution in [3.63, 3.8) is 0 Å². The van der Waals surface area contributed by atoms with Crippen molar-refractivity contribution in [3.8, 4) is 0 Å². The Morgan fingerprint density at radius 1 is 1.25 bits per heavy atom. The fraction of sp³-hybridized carbons (Fsp3) is 0.667. The summed E-state index contributed by atoms with van der Waals surface area (Å²) >= 11 is 3.42. The number of nitrogens with one attached hydrogen (secondary N) is 2. The highest BCUT2D eigenvalue weighted by molar-refractivity contribution is 9.10. The van der Waals surface area contributed by atoms with Gasteiger partial charge in [0.05, 0.1) is 24.5 Å². The molecule has 4 atom stereocenters. The average Bonchev–Trinajstić information content (AvgIpc) is 3.05. The van der Waals surface area contributed by atoms with Gasteiger partial charge in [0.15, 0.2) is 0 Å². The van der Waals surface area contributed by atoms with Crippen molar-refractivity contribution in [1.82, 2.24) is 19.8 Å². The van der Waals surface area contributed by atoms with Crippen LogP contribution in [0.25, 0.3) is 0 Å². The van der Waals surface area contributed by atoms with Crippen LogP contribution in [0.2, 0.25) is 0 Å². The van der Waals surface area contributed by atoms with Crippen LogP contribution in [0.4, 0.5) is 0 Å². The minimum Gasteiger partial charge on any atom is -0.392 e. The van der Waals surface area contributed by atoms with Crippen molar-refractivity contribution >= 4 is 37.8 Å². The number of aliphatic hydroxyl groups is 2. The quantitative estimate of drug-likeness (QED) is 0.347. The highest BCUT2D eigenvalue weighted by Gasteiger charge is 2.37. The first-order valence-corrected chi connectivity index (χ1v) is 14.7. The molecule has 0 saturated carbocycles. The highest BCUT2D eigenvalue weighted by Crippen LogP contribution is 2.33. The molecule has 1 aromatic carbocycles. The standard InChI is InChI=1S/C24H37BrN4O6S/c1-24(2,3)27-23(33)19-14-29(36(4,34)35)10-9-28(19)13-17(30)7-8-21(32)26-22-18-12-16(25)6-5-15(18)11-20(22)31/h5-6,12,17,19-20,22,30-31H,7-11,13-14H2,1-4H3,(H,26,32)(H,27,33)/t17-,19-,20+,22-/m0/s1. The maximum absolute atomic E-state index is 12.9. The Balaban J connectivity index is 1.57. The zero-order valence-electron chi connectivity index (χ0n) is 21.2. The van der Waals surface area contributed by atoms with Gasteiger partial charge in [-0.1, -0.05) is 22.0 Å². The third-order valence-electron chi connectivity index (χ3n) is 6.45. The molecule has 3 rings (SSSR count). The lowest BCUT2D eigenvalue weighted by molar-refractivity contribution is -0.130. The summed E-state index contributed by atoms with van der Waals surface area (Å²) in [5.41, 5.74) is 1.37. The van der Waals surface area contributed by atoms with Gasteiger partial charge in [-0.3, -0.25) is 14.5 Å². The van der Waals surface area contributed by atoms with Crippen molar-refractivity contribution in [2.45, 2.75) is 69.9 Å². The van der Waals surface area contributed by atoms with Gasteiger partial charge in [0, 0.05) is 49.0 Å². The number of piperazine rings is 1. The van der Waals surface area contributed by atoms with Crippen molar-refractivity contribution in [2.75, 3.05) is 32.4 Å². The van der Waals surface area contributed by atoms with Gasteiger partial charge < -0.3 is 20.8 Å². The summed E-state index contributed by atoms with van der Waals surface area (Å²) in [6.45, 7) is 6.19. The SMILES string of the molecule is CC(C)(C)NC(=O)[C@@H]1CN(S(C)(=O)=O)CCN1C[C@@H](O)CCC(=O)N[C@H]1c2cc(Br)ccc2C[C@H]1O. The Morgan fingerprint density at radius 3 is 2.58 bits per heavy atom. The summed E-state index contributed by atoms with van der Waals surface area (Å²) in [6.07, 6.45) is 0.202. The van der Waals surface area contributed by atoms with Crippen LogP contribution in [0, 0.1) is 0 Å². The third kappa shape index (κ3) is 7.72. The summed E-state index contributed by atoms with van der Waals surface area (Å²) in [4.78, 5) is 27.3. The number of benzene rings is 1. The number of sulfonamides is 1. The molecule has 0 spiro atoms. The summed E-state index contributed by atoms with van der Waals surface area (Å²) in [7, 11) is -3.46. The molecule has 0 radical (unpaired) electrons. The van der Waals surface area contributed by atoms with E-state index in [-0.39, 0.29) is 44.3 Å². The van der Waals surface area contributed by atoms with Crippen LogP contribution >= 0.6 is 15.9 Å². The van der Waals surface area contributed by atoms with Gasteiger partial charge in [0.2, 0.25) is 21.8 Å². The molecule has 1 aliphatic carbocycles. The maximum atomic E-state index is 12.9. The van der Waals surface area contributed by atoms with Gasteiger partial charge in [-0.15, -0.1) is 0 Å². The van der Waals surface area contributed by atoms with E-state index in [9.17, 15) is 28.2 Å². The average molecular weight is 590 g/mol. The fourth-order valence-corrected chi connectivity index (χ4v) is 5.89. The number of nitrogens with zero attached hydrogens (tertiary/aromatic N) is 2. The topological polar surface area (TPSA) is 139 Å². The molecule has 12 heteroatoms. The Bertz CT molecular complexity index is 1080. The zero-order chi connectivity index (χ0) is 26.8. The molecule has 1 aromatic rings. The zero-order valence-corrected chi connectivity index (χ0v) is 23.6. The highest BCUT2D eigenvalue weighted by atomic mass is 79.9. The first-order chi connectivity index (χ1) is 16.6. The van der Waals surface area contributed by atoms with E-state index in [0.29, 0.717) is 13.0 Å². The van der Waals surface area contributed by atoms with Crippen LogP contribution in [0.5, 0.6) is 0 Å². The largest absolute Gasteiger partial charge is 0.392 e. The molecule has 1 saturated heterocycles. The second-order valence-corrected chi connectivity index (χ2v) is 13.6. The van der Waals surface area contributed by atoms with Crippen LogP contribution in [-0.2, 0) is 26.0 Å². The van der Waals surface area contributed by atoms with E-state index in [2.05, 4.69) is 26.6 Å². The van der Waals surface area contributed by atoms with Crippen LogP contribution in [0.3, 0.4) is 0 Å². The van der Waals surface area contributed by atoms with E-state index in [1.165, 1.54) is 4.31 Å². The molecule has 2 amide bonds. The number of rotatable bonds is 8. The molecule has 1 heterocycles. The van der Waals surface area contributed by atoms with Crippen molar-refractivity contribution in [3.05, 3.63) is 33.8 Å². The Labute approximate surface area is 221 Å². The summed E-state index contributed by atoms with van der Waals surface area (Å²) in [6, 6.07) is 4.46. The molecule has 36 heavy (non-hydrogen) atoms. The molecule has 0 bridgehead atoms. The van der Waals surface area contributed by atoms with Gasteiger partial charge in [-0.2, -0.15) is 4.31 Å². The minimum absolute atomic E-state index is 0.00247. The molecule has 2 aliphatic rings. The van der Waals surface area contributed by atoms with E-state index in [4.69, 9.17) is 0 Å².